The van der Waals surface area contributed by atoms with Crippen LogP contribution in [0.1, 0.15) is 37.0 Å². The van der Waals surface area contributed by atoms with E-state index in [2.05, 4.69) is 0 Å². The Balaban J connectivity index is 2.68. The zero-order valence-corrected chi connectivity index (χ0v) is 10.2. The van der Waals surface area contributed by atoms with E-state index in [1.165, 1.54) is 0 Å². The minimum atomic E-state index is -0.886. The molecule has 0 unspecified atom stereocenters. The number of aliphatic carboxylic acids is 1. The second-order valence-corrected chi connectivity index (χ2v) is 4.66. The summed E-state index contributed by atoms with van der Waals surface area (Å²) >= 11 is 0. The van der Waals surface area contributed by atoms with E-state index in [-0.39, 0.29) is 18.1 Å². The maximum absolute atomic E-state index is 11.9. The fourth-order valence-corrected chi connectivity index (χ4v) is 1.81. The van der Waals surface area contributed by atoms with Crippen molar-refractivity contribution >= 4 is 11.8 Å². The molecule has 1 rings (SSSR count). The molecule has 17 heavy (non-hydrogen) atoms. The Morgan fingerprint density at radius 1 is 1.18 bits per heavy atom. The zero-order chi connectivity index (χ0) is 12.8. The number of carboxylic acids is 1. The Bertz CT molecular complexity index is 382. The number of Topliss-reactive ketones (excluding diaryl/α,β-unsaturated/α-hetero) is 1. The molecule has 1 aromatic rings. The molecule has 0 radical (unpaired) electrons. The minimum Gasteiger partial charge on any atom is -0.481 e. The van der Waals surface area contributed by atoms with E-state index in [1.807, 2.05) is 19.9 Å². The zero-order valence-electron chi connectivity index (χ0n) is 10.2. The standard InChI is InChI=1S/C14H18O3/c1-10(2)8-12(14(16)17)9-13(15)11-6-4-3-5-7-11/h3-7,10,12H,8-9H2,1-2H3,(H,16,17)/t12-/m1/s1. The Hall–Kier alpha value is -1.64. The molecule has 0 saturated carbocycles. The van der Waals surface area contributed by atoms with Gasteiger partial charge in [0.25, 0.3) is 0 Å². The number of carbonyl (C=O) groups is 2. The lowest BCUT2D eigenvalue weighted by atomic mass is 9.91. The Morgan fingerprint density at radius 3 is 2.24 bits per heavy atom. The molecular formula is C14H18O3. The first kappa shape index (κ1) is 13.4. The molecule has 3 nitrogen and oxygen atoms in total. The first-order valence-electron chi connectivity index (χ1n) is 5.81. The van der Waals surface area contributed by atoms with Gasteiger partial charge in [-0.1, -0.05) is 44.2 Å². The van der Waals surface area contributed by atoms with E-state index in [0.717, 1.165) is 0 Å². The van der Waals surface area contributed by atoms with Crippen LogP contribution in [0.15, 0.2) is 30.3 Å². The largest absolute Gasteiger partial charge is 0.481 e. The number of carbonyl (C=O) groups excluding carboxylic acids is 1. The number of hydrogen-bond donors (Lipinski definition) is 1. The van der Waals surface area contributed by atoms with Gasteiger partial charge in [-0.2, -0.15) is 0 Å². The number of carboxylic acid groups (broad SMARTS) is 1. The van der Waals surface area contributed by atoms with Gasteiger partial charge in [-0.05, 0) is 12.3 Å². The summed E-state index contributed by atoms with van der Waals surface area (Å²) in [5.41, 5.74) is 0.586. The molecule has 0 aliphatic carbocycles. The lowest BCUT2D eigenvalue weighted by Crippen LogP contribution is -2.20. The first-order chi connectivity index (χ1) is 8.00. The molecule has 0 amide bonds. The van der Waals surface area contributed by atoms with E-state index >= 15 is 0 Å². The second kappa shape index (κ2) is 6.18. The third kappa shape index (κ3) is 4.39. The average Bonchev–Trinajstić information content (AvgIpc) is 2.28. The molecule has 0 aliphatic rings. The van der Waals surface area contributed by atoms with Crippen LogP contribution < -0.4 is 0 Å². The highest BCUT2D eigenvalue weighted by Crippen LogP contribution is 2.18. The topological polar surface area (TPSA) is 54.4 Å². The van der Waals surface area contributed by atoms with E-state index < -0.39 is 11.9 Å². The lowest BCUT2D eigenvalue weighted by Gasteiger charge is -2.13. The molecule has 92 valence electrons. The predicted molar refractivity (Wildman–Crippen MR) is 66.0 cm³/mol. The van der Waals surface area contributed by atoms with Crippen molar-refractivity contribution in [3.05, 3.63) is 35.9 Å². The third-order valence-corrected chi connectivity index (χ3v) is 2.63. The molecule has 0 aromatic heterocycles. The number of rotatable bonds is 6. The molecule has 0 saturated heterocycles. The Labute approximate surface area is 101 Å². The minimum absolute atomic E-state index is 0.0809. The molecule has 0 fully saturated rings. The summed E-state index contributed by atoms with van der Waals surface area (Å²) in [4.78, 5) is 22.9. The van der Waals surface area contributed by atoms with Crippen molar-refractivity contribution in [3.8, 4) is 0 Å². The first-order valence-corrected chi connectivity index (χ1v) is 5.81. The van der Waals surface area contributed by atoms with E-state index in [1.54, 1.807) is 24.3 Å². The smallest absolute Gasteiger partial charge is 0.306 e. The van der Waals surface area contributed by atoms with Gasteiger partial charge >= 0.3 is 5.97 Å². The summed E-state index contributed by atoms with van der Waals surface area (Å²) in [6.45, 7) is 3.92. The summed E-state index contributed by atoms with van der Waals surface area (Å²) in [6.07, 6.45) is 0.617. The van der Waals surface area contributed by atoms with Crippen LogP contribution >= 0.6 is 0 Å². The van der Waals surface area contributed by atoms with Gasteiger partial charge in [0.2, 0.25) is 0 Å². The molecule has 0 heterocycles. The summed E-state index contributed by atoms with van der Waals surface area (Å²) < 4.78 is 0. The SMILES string of the molecule is CC(C)C[C@H](CC(=O)c1ccccc1)C(=O)O. The predicted octanol–water partition coefficient (Wildman–Crippen LogP) is 3.01. The highest BCUT2D eigenvalue weighted by molar-refractivity contribution is 5.97. The van der Waals surface area contributed by atoms with Crippen molar-refractivity contribution in [3.63, 3.8) is 0 Å². The summed E-state index contributed by atoms with van der Waals surface area (Å²) in [7, 11) is 0. The fraction of sp³-hybridized carbons (Fsp3) is 0.429. The second-order valence-electron chi connectivity index (χ2n) is 4.66. The lowest BCUT2D eigenvalue weighted by molar-refractivity contribution is -0.142. The van der Waals surface area contributed by atoms with Gasteiger partial charge in [-0.15, -0.1) is 0 Å². The van der Waals surface area contributed by atoms with Crippen LogP contribution in [-0.2, 0) is 4.79 Å². The molecule has 3 heteroatoms. The van der Waals surface area contributed by atoms with Crippen LogP contribution in [0.25, 0.3) is 0 Å². The summed E-state index contributed by atoms with van der Waals surface area (Å²) in [5, 5.41) is 9.07. The average molecular weight is 234 g/mol. The summed E-state index contributed by atoms with van der Waals surface area (Å²) in [5.74, 6) is -1.29. The van der Waals surface area contributed by atoms with Gasteiger partial charge < -0.3 is 5.11 Å². The number of hydrogen-bond acceptors (Lipinski definition) is 2. The van der Waals surface area contributed by atoms with Gasteiger partial charge in [0.15, 0.2) is 5.78 Å². The van der Waals surface area contributed by atoms with Crippen molar-refractivity contribution in [1.29, 1.82) is 0 Å². The van der Waals surface area contributed by atoms with Crippen molar-refractivity contribution in [2.24, 2.45) is 11.8 Å². The molecule has 1 atom stereocenters. The van der Waals surface area contributed by atoms with Crippen LogP contribution in [0.4, 0.5) is 0 Å². The Kier molecular flexibility index (Phi) is 4.88. The van der Waals surface area contributed by atoms with Crippen LogP contribution in [-0.4, -0.2) is 16.9 Å². The van der Waals surface area contributed by atoms with Gasteiger partial charge in [0, 0.05) is 12.0 Å². The maximum atomic E-state index is 11.9. The quantitative estimate of drug-likeness (QED) is 0.770. The van der Waals surface area contributed by atoms with Crippen LogP contribution in [0.2, 0.25) is 0 Å². The van der Waals surface area contributed by atoms with Crippen LogP contribution in [0.5, 0.6) is 0 Å². The van der Waals surface area contributed by atoms with Gasteiger partial charge in [-0.3, -0.25) is 9.59 Å². The molecule has 1 N–H and O–H groups in total. The maximum Gasteiger partial charge on any atom is 0.306 e. The van der Waals surface area contributed by atoms with Gasteiger partial charge in [-0.25, -0.2) is 0 Å². The third-order valence-electron chi connectivity index (χ3n) is 2.63. The number of benzene rings is 1. The van der Waals surface area contributed by atoms with E-state index in [4.69, 9.17) is 5.11 Å². The van der Waals surface area contributed by atoms with Crippen molar-refractivity contribution in [2.45, 2.75) is 26.7 Å². The van der Waals surface area contributed by atoms with E-state index in [9.17, 15) is 9.59 Å². The highest BCUT2D eigenvalue weighted by atomic mass is 16.4. The Morgan fingerprint density at radius 2 is 1.76 bits per heavy atom. The molecule has 0 bridgehead atoms. The highest BCUT2D eigenvalue weighted by Gasteiger charge is 2.22. The van der Waals surface area contributed by atoms with Crippen molar-refractivity contribution in [2.75, 3.05) is 0 Å². The summed E-state index contributed by atoms with van der Waals surface area (Å²) in [6, 6.07) is 8.84. The molecule has 0 spiro atoms. The van der Waals surface area contributed by atoms with Crippen LogP contribution in [0, 0.1) is 11.8 Å². The molecule has 0 aliphatic heterocycles. The molecular weight excluding hydrogens is 216 g/mol. The number of ketones is 1. The fourth-order valence-electron chi connectivity index (χ4n) is 1.81. The van der Waals surface area contributed by atoms with Crippen molar-refractivity contribution in [1.82, 2.24) is 0 Å². The monoisotopic (exact) mass is 234 g/mol. The van der Waals surface area contributed by atoms with Gasteiger partial charge in [0.1, 0.15) is 0 Å². The normalized spacial score (nSPS) is 12.4. The van der Waals surface area contributed by atoms with Crippen molar-refractivity contribution < 1.29 is 14.7 Å². The van der Waals surface area contributed by atoms with E-state index in [0.29, 0.717) is 12.0 Å². The van der Waals surface area contributed by atoms with Gasteiger partial charge in [0.05, 0.1) is 5.92 Å². The molecule has 1 aromatic carbocycles. The van der Waals surface area contributed by atoms with Crippen LogP contribution in [0.3, 0.4) is 0 Å².